The Morgan fingerprint density at radius 1 is 1.26 bits per heavy atom. The second kappa shape index (κ2) is 5.54. The zero-order valence-corrected chi connectivity index (χ0v) is 13.9. The number of hydrogen-bond acceptors (Lipinski definition) is 4. The highest BCUT2D eigenvalue weighted by atomic mass is 127. The molecule has 0 unspecified atom stereocenters. The van der Waals surface area contributed by atoms with E-state index < -0.39 is 0 Å². The fourth-order valence-corrected chi connectivity index (χ4v) is 2.68. The van der Waals surface area contributed by atoms with Crippen molar-refractivity contribution in [2.75, 3.05) is 5.32 Å². The first kappa shape index (κ1) is 14.4. The fourth-order valence-electron chi connectivity index (χ4n) is 1.55. The quantitative estimate of drug-likeness (QED) is 0.800. The van der Waals surface area contributed by atoms with Crippen LogP contribution in [0.25, 0.3) is 0 Å². The van der Waals surface area contributed by atoms with Crippen molar-refractivity contribution in [2.45, 2.75) is 26.2 Å². The topological polar surface area (TPSA) is 54.9 Å². The number of halogens is 1. The van der Waals surface area contributed by atoms with Gasteiger partial charge in [0.15, 0.2) is 0 Å². The molecule has 6 heteroatoms. The zero-order valence-electron chi connectivity index (χ0n) is 10.9. The van der Waals surface area contributed by atoms with Crippen molar-refractivity contribution in [2.24, 2.45) is 0 Å². The first-order valence-electron chi connectivity index (χ1n) is 5.77. The zero-order chi connectivity index (χ0) is 14.0. The Labute approximate surface area is 129 Å². The van der Waals surface area contributed by atoms with Crippen LogP contribution in [0, 0.1) is 3.57 Å². The average molecular weight is 387 g/mol. The van der Waals surface area contributed by atoms with E-state index in [0.717, 1.165) is 26.5 Å². The van der Waals surface area contributed by atoms with Crippen LogP contribution < -0.4 is 5.32 Å². The lowest BCUT2D eigenvalue weighted by molar-refractivity contribution is 0.102. The monoisotopic (exact) mass is 387 g/mol. The molecule has 1 heterocycles. The number of anilines is 1. The van der Waals surface area contributed by atoms with Gasteiger partial charge in [-0.1, -0.05) is 25.3 Å². The van der Waals surface area contributed by atoms with E-state index >= 15 is 0 Å². The van der Waals surface area contributed by atoms with Gasteiger partial charge in [-0.05, 0) is 58.4 Å². The summed E-state index contributed by atoms with van der Waals surface area (Å²) in [5.41, 5.74) is 1.32. The largest absolute Gasteiger partial charge is 0.321 e. The van der Waals surface area contributed by atoms with Crippen molar-refractivity contribution < 1.29 is 4.79 Å². The molecule has 0 radical (unpaired) electrons. The van der Waals surface area contributed by atoms with Gasteiger partial charge in [-0.3, -0.25) is 4.79 Å². The minimum atomic E-state index is -0.189. The molecule has 1 amide bonds. The first-order chi connectivity index (χ1) is 8.88. The number of amides is 1. The molecule has 0 aliphatic carbocycles. The van der Waals surface area contributed by atoms with Crippen LogP contribution in [0.4, 0.5) is 5.69 Å². The average Bonchev–Trinajstić information content (AvgIpc) is 2.81. The lowest BCUT2D eigenvalue weighted by atomic mass is 9.91. The van der Waals surface area contributed by atoms with Gasteiger partial charge in [0.05, 0.1) is 5.69 Å². The summed E-state index contributed by atoms with van der Waals surface area (Å²) in [6.45, 7) is 6.06. The molecular formula is C13H14IN3OS. The highest BCUT2D eigenvalue weighted by Gasteiger charge is 2.26. The van der Waals surface area contributed by atoms with Gasteiger partial charge < -0.3 is 5.32 Å². The number of aromatic nitrogens is 2. The number of nitrogens with zero attached hydrogens (tertiary/aromatic N) is 2. The molecule has 0 spiro atoms. The van der Waals surface area contributed by atoms with E-state index in [4.69, 9.17) is 0 Å². The van der Waals surface area contributed by atoms with Crippen LogP contribution in [0.5, 0.6) is 0 Å². The van der Waals surface area contributed by atoms with E-state index in [1.165, 1.54) is 0 Å². The Bertz CT molecular complexity index is 587. The minimum absolute atomic E-state index is 0.152. The van der Waals surface area contributed by atoms with E-state index in [-0.39, 0.29) is 11.3 Å². The number of rotatable bonds is 2. The van der Waals surface area contributed by atoms with Crippen LogP contribution in [0.15, 0.2) is 24.3 Å². The fraction of sp³-hybridized carbons (Fsp3) is 0.308. The highest BCUT2D eigenvalue weighted by molar-refractivity contribution is 14.1. The predicted octanol–water partition coefficient (Wildman–Crippen LogP) is 3.69. The maximum Gasteiger partial charge on any atom is 0.269 e. The molecule has 0 atom stereocenters. The predicted molar refractivity (Wildman–Crippen MR) is 85.7 cm³/mol. The van der Waals surface area contributed by atoms with Crippen molar-refractivity contribution >= 4 is 45.7 Å². The lowest BCUT2D eigenvalue weighted by Gasteiger charge is -2.16. The molecule has 0 bridgehead atoms. The van der Waals surface area contributed by atoms with Crippen LogP contribution in [-0.4, -0.2) is 15.5 Å². The third kappa shape index (κ3) is 3.50. The van der Waals surface area contributed by atoms with Gasteiger partial charge >= 0.3 is 0 Å². The molecule has 0 fully saturated rings. The van der Waals surface area contributed by atoms with Gasteiger partial charge in [-0.25, -0.2) is 0 Å². The highest BCUT2D eigenvalue weighted by Crippen LogP contribution is 2.26. The SMILES string of the molecule is CC(C)(C)c1nnsc1C(=O)Nc1ccc(I)cc1. The van der Waals surface area contributed by atoms with Crippen molar-refractivity contribution in [3.8, 4) is 0 Å². The molecule has 19 heavy (non-hydrogen) atoms. The van der Waals surface area contributed by atoms with Crippen molar-refractivity contribution in [3.63, 3.8) is 0 Å². The van der Waals surface area contributed by atoms with Crippen molar-refractivity contribution in [3.05, 3.63) is 38.4 Å². The third-order valence-corrected chi connectivity index (χ3v) is 3.95. The number of carbonyl (C=O) groups excluding carboxylic acids is 1. The Morgan fingerprint density at radius 2 is 1.89 bits per heavy atom. The minimum Gasteiger partial charge on any atom is -0.321 e. The van der Waals surface area contributed by atoms with Gasteiger partial charge in [0.1, 0.15) is 4.88 Å². The molecule has 100 valence electrons. The standard InChI is InChI=1S/C13H14IN3OS/c1-13(2,3)11-10(19-17-16-11)12(18)15-9-6-4-8(14)5-7-9/h4-7H,1-3H3,(H,15,18). The van der Waals surface area contributed by atoms with E-state index in [9.17, 15) is 4.79 Å². The van der Waals surface area contributed by atoms with E-state index in [0.29, 0.717) is 4.88 Å². The van der Waals surface area contributed by atoms with E-state index in [1.54, 1.807) is 0 Å². The van der Waals surface area contributed by atoms with Crippen molar-refractivity contribution in [1.29, 1.82) is 0 Å². The van der Waals surface area contributed by atoms with Crippen LogP contribution >= 0.6 is 34.1 Å². The smallest absolute Gasteiger partial charge is 0.269 e. The van der Waals surface area contributed by atoms with Gasteiger partial charge in [-0.2, -0.15) is 0 Å². The maximum atomic E-state index is 12.2. The second-order valence-corrected chi connectivity index (χ2v) is 7.16. The summed E-state index contributed by atoms with van der Waals surface area (Å²) < 4.78 is 5.03. The Hall–Kier alpha value is -1.02. The summed E-state index contributed by atoms with van der Waals surface area (Å²) in [5.74, 6) is -0.152. The Kier molecular flexibility index (Phi) is 4.19. The first-order valence-corrected chi connectivity index (χ1v) is 7.63. The third-order valence-electron chi connectivity index (χ3n) is 2.51. The molecule has 2 rings (SSSR count). The molecule has 0 aliphatic rings. The summed E-state index contributed by atoms with van der Waals surface area (Å²) in [6, 6.07) is 7.66. The Balaban J connectivity index is 2.21. The van der Waals surface area contributed by atoms with Crippen LogP contribution in [0.3, 0.4) is 0 Å². The second-order valence-electron chi connectivity index (χ2n) is 5.16. The molecule has 0 saturated carbocycles. The van der Waals surface area contributed by atoms with Crippen LogP contribution in [0.2, 0.25) is 0 Å². The molecule has 4 nitrogen and oxygen atoms in total. The number of hydrogen-bond donors (Lipinski definition) is 1. The van der Waals surface area contributed by atoms with Crippen LogP contribution in [0.1, 0.15) is 36.1 Å². The number of benzene rings is 1. The molecule has 2 aromatic rings. The molecular weight excluding hydrogens is 373 g/mol. The van der Waals surface area contributed by atoms with E-state index in [2.05, 4.69) is 37.5 Å². The van der Waals surface area contributed by atoms with Gasteiger partial charge in [0.2, 0.25) is 0 Å². The molecule has 1 N–H and O–H groups in total. The normalized spacial score (nSPS) is 11.4. The summed E-state index contributed by atoms with van der Waals surface area (Å²) in [6.07, 6.45) is 0. The van der Waals surface area contributed by atoms with Gasteiger partial charge in [0, 0.05) is 14.7 Å². The lowest BCUT2D eigenvalue weighted by Crippen LogP contribution is -2.19. The van der Waals surface area contributed by atoms with Gasteiger partial charge in [0.25, 0.3) is 5.91 Å². The Morgan fingerprint density at radius 3 is 2.47 bits per heavy atom. The summed E-state index contributed by atoms with van der Waals surface area (Å²) in [5, 5.41) is 6.94. The number of carbonyl (C=O) groups is 1. The van der Waals surface area contributed by atoms with E-state index in [1.807, 2.05) is 45.0 Å². The summed E-state index contributed by atoms with van der Waals surface area (Å²) in [7, 11) is 0. The van der Waals surface area contributed by atoms with Crippen LogP contribution in [-0.2, 0) is 5.41 Å². The summed E-state index contributed by atoms with van der Waals surface area (Å²) >= 11 is 3.36. The van der Waals surface area contributed by atoms with Crippen molar-refractivity contribution in [1.82, 2.24) is 9.59 Å². The summed E-state index contributed by atoms with van der Waals surface area (Å²) in [4.78, 5) is 12.8. The molecule has 1 aromatic carbocycles. The maximum absolute atomic E-state index is 12.2. The molecule has 1 aromatic heterocycles. The van der Waals surface area contributed by atoms with Gasteiger partial charge in [-0.15, -0.1) is 5.10 Å². The molecule has 0 saturated heterocycles. The molecule has 0 aliphatic heterocycles. The number of nitrogens with one attached hydrogen (secondary N) is 1.